The first-order valence-electron chi connectivity index (χ1n) is 5.78. The molecule has 0 aromatic heterocycles. The second kappa shape index (κ2) is 6.89. The first kappa shape index (κ1) is 14.4. The van der Waals surface area contributed by atoms with Crippen LogP contribution in [0.15, 0.2) is 24.3 Å². The number of ether oxygens (including phenoxy) is 1. The number of rotatable bonds is 6. The van der Waals surface area contributed by atoms with Crippen molar-refractivity contribution in [1.29, 1.82) is 0 Å². The van der Waals surface area contributed by atoms with Crippen LogP contribution in [0.3, 0.4) is 0 Å². The van der Waals surface area contributed by atoms with Gasteiger partial charge in [0.05, 0.1) is 12.2 Å². The van der Waals surface area contributed by atoms with Gasteiger partial charge >= 0.3 is 0 Å². The molecule has 17 heavy (non-hydrogen) atoms. The molecule has 96 valence electrons. The average molecular weight is 256 g/mol. The second-order valence-electron chi connectivity index (χ2n) is 4.26. The molecule has 2 atom stereocenters. The molecule has 1 aromatic carbocycles. The number of hydrogen-bond acceptors (Lipinski definition) is 4. The molecule has 3 nitrogen and oxygen atoms in total. The number of benzene rings is 1. The zero-order valence-electron chi connectivity index (χ0n) is 10.2. The summed E-state index contributed by atoms with van der Waals surface area (Å²) in [5, 5.41) is 19.5. The maximum absolute atomic E-state index is 9.87. The molecule has 0 heterocycles. The predicted octanol–water partition coefficient (Wildman–Crippen LogP) is 2.19. The van der Waals surface area contributed by atoms with Crippen LogP contribution in [0.4, 0.5) is 0 Å². The Hall–Kier alpha value is -0.710. The van der Waals surface area contributed by atoms with Crippen LogP contribution < -0.4 is 4.74 Å². The molecule has 0 saturated heterocycles. The Kier molecular flexibility index (Phi) is 5.82. The zero-order valence-corrected chi connectivity index (χ0v) is 11.1. The van der Waals surface area contributed by atoms with Crippen molar-refractivity contribution in [2.24, 2.45) is 0 Å². The number of thiol groups is 1. The Balaban J connectivity index is 2.66. The van der Waals surface area contributed by atoms with Gasteiger partial charge in [0.1, 0.15) is 11.9 Å². The van der Waals surface area contributed by atoms with Crippen LogP contribution in [0.5, 0.6) is 5.75 Å². The first-order chi connectivity index (χ1) is 8.04. The minimum atomic E-state index is -0.866. The first-order valence-corrected chi connectivity index (χ1v) is 6.41. The number of aliphatic hydroxyl groups excluding tert-OH is 2. The smallest absolute Gasteiger partial charge is 0.119 e. The van der Waals surface area contributed by atoms with Crippen LogP contribution >= 0.6 is 12.6 Å². The van der Waals surface area contributed by atoms with E-state index in [1.54, 1.807) is 24.3 Å². The fraction of sp³-hybridized carbons (Fsp3) is 0.538. The van der Waals surface area contributed by atoms with Crippen LogP contribution in [0.1, 0.15) is 31.9 Å². The lowest BCUT2D eigenvalue weighted by Gasteiger charge is -2.18. The molecule has 0 spiro atoms. The molecule has 2 N–H and O–H groups in total. The lowest BCUT2D eigenvalue weighted by atomic mass is 10.0. The third kappa shape index (κ3) is 4.58. The van der Waals surface area contributed by atoms with Gasteiger partial charge in [0.15, 0.2) is 0 Å². The Labute approximate surface area is 108 Å². The van der Waals surface area contributed by atoms with E-state index in [4.69, 9.17) is 4.74 Å². The van der Waals surface area contributed by atoms with E-state index in [0.29, 0.717) is 17.7 Å². The molecule has 4 heteroatoms. The summed E-state index contributed by atoms with van der Waals surface area (Å²) in [5.74, 6) is 1.31. The highest BCUT2D eigenvalue weighted by Gasteiger charge is 2.17. The van der Waals surface area contributed by atoms with Crippen molar-refractivity contribution in [3.8, 4) is 5.75 Å². The maximum atomic E-state index is 9.87. The molecule has 0 bridgehead atoms. The molecule has 1 rings (SSSR count). The fourth-order valence-corrected chi connectivity index (χ4v) is 1.79. The highest BCUT2D eigenvalue weighted by molar-refractivity contribution is 7.80. The van der Waals surface area contributed by atoms with E-state index in [9.17, 15) is 10.2 Å². The Morgan fingerprint density at radius 3 is 2.24 bits per heavy atom. The van der Waals surface area contributed by atoms with Gasteiger partial charge in [-0.15, -0.1) is 0 Å². The molecule has 0 aliphatic carbocycles. The van der Waals surface area contributed by atoms with Crippen molar-refractivity contribution in [2.75, 3.05) is 5.75 Å². The average Bonchev–Trinajstić information content (AvgIpc) is 2.28. The molecule has 0 fully saturated rings. The maximum Gasteiger partial charge on any atom is 0.119 e. The van der Waals surface area contributed by atoms with Crippen molar-refractivity contribution >= 4 is 12.6 Å². The third-order valence-corrected chi connectivity index (χ3v) is 2.64. The van der Waals surface area contributed by atoms with E-state index in [2.05, 4.69) is 12.6 Å². The summed E-state index contributed by atoms with van der Waals surface area (Å²) in [5.41, 5.74) is 0.690. The number of aliphatic hydroxyl groups is 2. The van der Waals surface area contributed by atoms with Gasteiger partial charge in [0.25, 0.3) is 0 Å². The van der Waals surface area contributed by atoms with Crippen LogP contribution in [0, 0.1) is 0 Å². The highest BCUT2D eigenvalue weighted by Crippen LogP contribution is 2.22. The minimum absolute atomic E-state index is 0.126. The molecular weight excluding hydrogens is 236 g/mol. The summed E-state index contributed by atoms with van der Waals surface area (Å²) in [6, 6.07) is 7.13. The summed E-state index contributed by atoms with van der Waals surface area (Å²) in [6.45, 7) is 3.92. The second-order valence-corrected chi connectivity index (χ2v) is 4.71. The molecule has 0 saturated carbocycles. The van der Waals surface area contributed by atoms with Crippen molar-refractivity contribution in [2.45, 2.75) is 38.6 Å². The Morgan fingerprint density at radius 2 is 1.76 bits per heavy atom. The van der Waals surface area contributed by atoms with Gasteiger partial charge in [-0.2, -0.15) is 12.6 Å². The van der Waals surface area contributed by atoms with E-state index in [-0.39, 0.29) is 6.10 Å². The zero-order chi connectivity index (χ0) is 12.8. The molecule has 0 aliphatic heterocycles. The Morgan fingerprint density at radius 1 is 1.18 bits per heavy atom. The predicted molar refractivity (Wildman–Crippen MR) is 71.6 cm³/mol. The monoisotopic (exact) mass is 256 g/mol. The van der Waals surface area contributed by atoms with E-state index >= 15 is 0 Å². The van der Waals surface area contributed by atoms with Crippen molar-refractivity contribution in [3.63, 3.8) is 0 Å². The summed E-state index contributed by atoms with van der Waals surface area (Å²) in [4.78, 5) is 0. The van der Waals surface area contributed by atoms with Crippen LogP contribution in [0.25, 0.3) is 0 Å². The molecule has 0 amide bonds. The molecular formula is C13H20O3S. The van der Waals surface area contributed by atoms with Gasteiger partial charge in [-0.3, -0.25) is 0 Å². The normalized spacial score (nSPS) is 14.7. The van der Waals surface area contributed by atoms with Gasteiger partial charge in [0.2, 0.25) is 0 Å². The van der Waals surface area contributed by atoms with E-state index in [1.165, 1.54) is 0 Å². The van der Waals surface area contributed by atoms with Gasteiger partial charge in [-0.1, -0.05) is 12.1 Å². The van der Waals surface area contributed by atoms with Gasteiger partial charge in [-0.05, 0) is 43.7 Å². The van der Waals surface area contributed by atoms with E-state index in [0.717, 1.165) is 5.75 Å². The summed E-state index contributed by atoms with van der Waals surface area (Å²) in [6.07, 6.45) is -1.05. The van der Waals surface area contributed by atoms with E-state index in [1.807, 2.05) is 13.8 Å². The van der Waals surface area contributed by atoms with Crippen LogP contribution in [0.2, 0.25) is 0 Å². The fourth-order valence-electron chi connectivity index (χ4n) is 1.53. The molecule has 1 aromatic rings. The van der Waals surface area contributed by atoms with Crippen molar-refractivity contribution < 1.29 is 14.9 Å². The summed E-state index contributed by atoms with van der Waals surface area (Å²) < 4.78 is 5.50. The lowest BCUT2D eigenvalue weighted by molar-refractivity contribution is 0.0172. The van der Waals surface area contributed by atoms with Crippen LogP contribution in [-0.4, -0.2) is 28.2 Å². The largest absolute Gasteiger partial charge is 0.491 e. The van der Waals surface area contributed by atoms with Crippen LogP contribution in [-0.2, 0) is 0 Å². The quantitative estimate of drug-likeness (QED) is 0.684. The third-order valence-electron chi connectivity index (χ3n) is 2.38. The topological polar surface area (TPSA) is 49.7 Å². The van der Waals surface area contributed by atoms with E-state index < -0.39 is 12.2 Å². The molecule has 0 aliphatic rings. The SMILES string of the molecule is CC(C)Oc1ccc(C(O)C(O)CCS)cc1. The lowest BCUT2D eigenvalue weighted by Crippen LogP contribution is -2.18. The molecule has 0 radical (unpaired) electrons. The minimum Gasteiger partial charge on any atom is -0.491 e. The van der Waals surface area contributed by atoms with Gasteiger partial charge in [0, 0.05) is 0 Å². The van der Waals surface area contributed by atoms with Gasteiger partial charge < -0.3 is 14.9 Å². The standard InChI is InChI=1S/C13H20O3S/c1-9(2)16-11-5-3-10(4-6-11)13(15)12(14)7-8-17/h3-6,9,12-15,17H,7-8H2,1-2H3. The highest BCUT2D eigenvalue weighted by atomic mass is 32.1. The van der Waals surface area contributed by atoms with Gasteiger partial charge in [-0.25, -0.2) is 0 Å². The molecule has 2 unspecified atom stereocenters. The Bertz CT molecular complexity index is 324. The van der Waals surface area contributed by atoms with Crippen molar-refractivity contribution in [1.82, 2.24) is 0 Å². The number of hydrogen-bond donors (Lipinski definition) is 3. The summed E-state index contributed by atoms with van der Waals surface area (Å²) >= 11 is 4.03. The van der Waals surface area contributed by atoms with Crippen molar-refractivity contribution in [3.05, 3.63) is 29.8 Å². The summed E-state index contributed by atoms with van der Waals surface area (Å²) in [7, 11) is 0.